The Morgan fingerprint density at radius 1 is 1.50 bits per heavy atom. The molecule has 0 aromatic heterocycles. The molecular formula is C14H23N3O3. The largest absolute Gasteiger partial charge is 0.484 e. The van der Waals surface area contributed by atoms with Crippen molar-refractivity contribution in [2.75, 3.05) is 39.5 Å². The number of carbonyl (C=O) groups is 1. The van der Waals surface area contributed by atoms with Crippen molar-refractivity contribution in [3.8, 4) is 5.75 Å². The van der Waals surface area contributed by atoms with Gasteiger partial charge in [0.2, 0.25) is 0 Å². The third-order valence-corrected chi connectivity index (χ3v) is 2.55. The molecule has 4 N–H and O–H groups in total. The maximum absolute atomic E-state index is 11.6. The van der Waals surface area contributed by atoms with E-state index in [9.17, 15) is 9.90 Å². The van der Waals surface area contributed by atoms with Gasteiger partial charge in [0, 0.05) is 24.8 Å². The molecule has 1 rings (SSSR count). The Morgan fingerprint density at radius 2 is 2.20 bits per heavy atom. The summed E-state index contributed by atoms with van der Waals surface area (Å²) in [5.74, 6) is 0.256. The van der Waals surface area contributed by atoms with Crippen LogP contribution in [0.3, 0.4) is 0 Å². The van der Waals surface area contributed by atoms with Gasteiger partial charge < -0.3 is 25.8 Å². The van der Waals surface area contributed by atoms with Gasteiger partial charge in [-0.2, -0.15) is 0 Å². The van der Waals surface area contributed by atoms with Crippen LogP contribution in [0.25, 0.3) is 0 Å². The maximum atomic E-state index is 11.6. The fourth-order valence-corrected chi connectivity index (χ4v) is 1.83. The molecule has 0 fully saturated rings. The third kappa shape index (κ3) is 6.40. The molecule has 0 saturated heterocycles. The summed E-state index contributed by atoms with van der Waals surface area (Å²) in [4.78, 5) is 13.5. The molecule has 1 unspecified atom stereocenters. The monoisotopic (exact) mass is 281 g/mol. The van der Waals surface area contributed by atoms with E-state index in [0.717, 1.165) is 0 Å². The summed E-state index contributed by atoms with van der Waals surface area (Å²) in [6.45, 7) is 2.20. The summed E-state index contributed by atoms with van der Waals surface area (Å²) in [5.41, 5.74) is 5.21. The fourth-order valence-electron chi connectivity index (χ4n) is 1.83. The molecule has 1 aromatic carbocycles. The smallest absolute Gasteiger partial charge is 0.258 e. The maximum Gasteiger partial charge on any atom is 0.258 e. The molecule has 1 atom stereocenters. The molecule has 20 heavy (non-hydrogen) atoms. The van der Waals surface area contributed by atoms with E-state index in [0.29, 0.717) is 18.0 Å². The minimum atomic E-state index is -0.976. The van der Waals surface area contributed by atoms with Gasteiger partial charge in [0.25, 0.3) is 5.91 Å². The first-order valence-electron chi connectivity index (χ1n) is 6.41. The van der Waals surface area contributed by atoms with Crippen molar-refractivity contribution in [1.29, 1.82) is 0 Å². The minimum absolute atomic E-state index is 0.110. The lowest BCUT2D eigenvalue weighted by molar-refractivity contribution is -0.124. The van der Waals surface area contributed by atoms with E-state index in [-0.39, 0.29) is 19.1 Å². The van der Waals surface area contributed by atoms with E-state index in [4.69, 9.17) is 10.5 Å². The van der Waals surface area contributed by atoms with Crippen LogP contribution in [0.1, 0.15) is 6.92 Å². The van der Waals surface area contributed by atoms with Crippen LogP contribution < -0.4 is 15.8 Å². The van der Waals surface area contributed by atoms with Crippen molar-refractivity contribution in [3.05, 3.63) is 24.3 Å². The van der Waals surface area contributed by atoms with Gasteiger partial charge in [-0.25, -0.2) is 0 Å². The molecule has 1 amide bonds. The van der Waals surface area contributed by atoms with Gasteiger partial charge in [0.15, 0.2) is 6.61 Å². The number of aliphatic hydroxyl groups is 1. The van der Waals surface area contributed by atoms with E-state index in [2.05, 4.69) is 5.32 Å². The van der Waals surface area contributed by atoms with Gasteiger partial charge in [-0.05, 0) is 33.2 Å². The van der Waals surface area contributed by atoms with Crippen LogP contribution in [-0.2, 0) is 4.79 Å². The second-order valence-electron chi connectivity index (χ2n) is 5.37. The minimum Gasteiger partial charge on any atom is -0.484 e. The first kappa shape index (κ1) is 16.3. The van der Waals surface area contributed by atoms with Gasteiger partial charge >= 0.3 is 0 Å². The van der Waals surface area contributed by atoms with Gasteiger partial charge in [-0.15, -0.1) is 0 Å². The number of nitrogens with one attached hydrogen (secondary N) is 1. The number of likely N-dealkylation sites (N-methyl/N-ethyl adjacent to an activating group) is 1. The van der Waals surface area contributed by atoms with Gasteiger partial charge in [-0.3, -0.25) is 4.79 Å². The van der Waals surface area contributed by atoms with Gasteiger partial charge in [0.05, 0.1) is 5.60 Å². The predicted octanol–water partition coefficient (Wildman–Crippen LogP) is 0.0764. The number of rotatable bonds is 7. The summed E-state index contributed by atoms with van der Waals surface area (Å²) in [6, 6.07) is 6.87. The summed E-state index contributed by atoms with van der Waals surface area (Å²) in [7, 11) is 3.72. The highest BCUT2D eigenvalue weighted by atomic mass is 16.5. The number of amides is 1. The van der Waals surface area contributed by atoms with E-state index in [1.54, 1.807) is 31.2 Å². The molecule has 0 aliphatic carbocycles. The Kier molecular flexibility index (Phi) is 5.79. The lowest BCUT2D eigenvalue weighted by Gasteiger charge is -2.27. The molecule has 0 radical (unpaired) electrons. The lowest BCUT2D eigenvalue weighted by Crippen LogP contribution is -2.47. The number of hydrogen-bond acceptors (Lipinski definition) is 5. The normalized spacial score (nSPS) is 13.8. The Balaban J connectivity index is 2.34. The lowest BCUT2D eigenvalue weighted by atomic mass is 10.1. The first-order valence-corrected chi connectivity index (χ1v) is 6.41. The molecule has 112 valence electrons. The molecule has 0 heterocycles. The number of carbonyl (C=O) groups excluding carboxylic acids is 1. The van der Waals surface area contributed by atoms with Crippen LogP contribution in [0.4, 0.5) is 5.69 Å². The number of ether oxygens (including phenoxy) is 1. The van der Waals surface area contributed by atoms with Crippen LogP contribution in [0.2, 0.25) is 0 Å². The molecular weight excluding hydrogens is 258 g/mol. The van der Waals surface area contributed by atoms with E-state index in [1.165, 1.54) is 0 Å². The zero-order valence-electron chi connectivity index (χ0n) is 12.2. The van der Waals surface area contributed by atoms with Crippen molar-refractivity contribution >= 4 is 11.6 Å². The second kappa shape index (κ2) is 7.12. The Morgan fingerprint density at radius 3 is 2.80 bits per heavy atom. The highest BCUT2D eigenvalue weighted by Gasteiger charge is 2.22. The van der Waals surface area contributed by atoms with Crippen molar-refractivity contribution in [2.24, 2.45) is 0 Å². The number of nitrogens with zero attached hydrogens (tertiary/aromatic N) is 1. The standard InChI is InChI=1S/C14H23N3O3/c1-14(19,10-17(2)3)9-16-13(18)8-20-12-6-4-5-11(15)7-12/h4-7,19H,8-10,15H2,1-3H3,(H,16,18). The molecule has 0 aliphatic rings. The summed E-state index contributed by atoms with van der Waals surface area (Å²) >= 11 is 0. The van der Waals surface area contributed by atoms with Gasteiger partial charge in [0.1, 0.15) is 5.75 Å². The average molecular weight is 281 g/mol. The Bertz CT molecular complexity index is 447. The molecule has 6 heteroatoms. The Labute approximate surface area is 119 Å². The highest BCUT2D eigenvalue weighted by molar-refractivity contribution is 5.77. The number of benzene rings is 1. The molecule has 0 saturated carbocycles. The highest BCUT2D eigenvalue weighted by Crippen LogP contribution is 2.14. The summed E-state index contributed by atoms with van der Waals surface area (Å²) < 4.78 is 5.31. The topological polar surface area (TPSA) is 87.8 Å². The van der Waals surface area contributed by atoms with E-state index in [1.807, 2.05) is 19.0 Å². The average Bonchev–Trinajstić information content (AvgIpc) is 2.32. The summed E-state index contributed by atoms with van der Waals surface area (Å²) in [6.07, 6.45) is 0. The number of nitrogens with two attached hydrogens (primary N) is 1. The fraction of sp³-hybridized carbons (Fsp3) is 0.500. The van der Waals surface area contributed by atoms with E-state index >= 15 is 0 Å². The molecule has 6 nitrogen and oxygen atoms in total. The zero-order chi connectivity index (χ0) is 15.2. The van der Waals surface area contributed by atoms with E-state index < -0.39 is 5.60 Å². The molecule has 0 bridgehead atoms. The van der Waals surface area contributed by atoms with Gasteiger partial charge in [-0.1, -0.05) is 6.07 Å². The Hall–Kier alpha value is -1.79. The van der Waals surface area contributed by atoms with Crippen LogP contribution in [0, 0.1) is 0 Å². The first-order chi connectivity index (χ1) is 9.28. The number of nitrogen functional groups attached to an aromatic ring is 1. The van der Waals surface area contributed by atoms with Crippen LogP contribution in [0.15, 0.2) is 24.3 Å². The van der Waals surface area contributed by atoms with Crippen LogP contribution in [-0.4, -0.2) is 55.3 Å². The van der Waals surface area contributed by atoms with Crippen LogP contribution in [0.5, 0.6) is 5.75 Å². The predicted molar refractivity (Wildman–Crippen MR) is 78.5 cm³/mol. The van der Waals surface area contributed by atoms with Crippen molar-refractivity contribution in [1.82, 2.24) is 10.2 Å². The molecule has 0 aliphatic heterocycles. The quantitative estimate of drug-likeness (QED) is 0.616. The number of anilines is 1. The van der Waals surface area contributed by atoms with Crippen molar-refractivity contribution < 1.29 is 14.6 Å². The van der Waals surface area contributed by atoms with Crippen LogP contribution >= 0.6 is 0 Å². The summed E-state index contributed by atoms with van der Waals surface area (Å²) in [5, 5.41) is 12.7. The third-order valence-electron chi connectivity index (χ3n) is 2.55. The zero-order valence-corrected chi connectivity index (χ0v) is 12.2. The van der Waals surface area contributed by atoms with Crippen molar-refractivity contribution in [3.63, 3.8) is 0 Å². The second-order valence-corrected chi connectivity index (χ2v) is 5.37. The SMILES string of the molecule is CN(C)CC(C)(O)CNC(=O)COc1cccc(N)c1. The molecule has 1 aromatic rings. The number of hydrogen-bond donors (Lipinski definition) is 3. The van der Waals surface area contributed by atoms with Crippen molar-refractivity contribution in [2.45, 2.75) is 12.5 Å². The molecule has 0 spiro atoms.